The molecule has 0 amide bonds. The quantitative estimate of drug-likeness (QED) is 0.820. The molecule has 1 fully saturated rings. The molecule has 1 aromatic heterocycles. The smallest absolute Gasteiger partial charge is 0.00671 e. The van der Waals surface area contributed by atoms with Gasteiger partial charge < -0.3 is 5.32 Å². The van der Waals surface area contributed by atoms with Crippen LogP contribution in [-0.4, -0.2) is 12.6 Å². The van der Waals surface area contributed by atoms with Crippen molar-refractivity contribution in [3.63, 3.8) is 0 Å². The van der Waals surface area contributed by atoms with Gasteiger partial charge in [0.05, 0.1) is 0 Å². The highest BCUT2D eigenvalue weighted by Gasteiger charge is 2.19. The van der Waals surface area contributed by atoms with E-state index in [2.05, 4.69) is 29.1 Å². The van der Waals surface area contributed by atoms with Gasteiger partial charge in [-0.15, -0.1) is 0 Å². The number of rotatable bonds is 5. The zero-order valence-corrected chi connectivity index (χ0v) is 11.1. The minimum absolute atomic E-state index is 0.707. The standard InChI is InChI=1S/C14H23NS/c1-12(14-5-3-2-4-6-14)15-9-7-13-8-10-16-11-13/h8,10-12,14-15H,2-7,9H2,1H3/t12-/m1/s1. The first-order valence-corrected chi connectivity index (χ1v) is 7.55. The Morgan fingerprint density at radius 3 is 2.88 bits per heavy atom. The van der Waals surface area contributed by atoms with E-state index < -0.39 is 0 Å². The summed E-state index contributed by atoms with van der Waals surface area (Å²) in [6.45, 7) is 3.50. The monoisotopic (exact) mass is 237 g/mol. The van der Waals surface area contributed by atoms with Crippen LogP contribution in [0, 0.1) is 5.92 Å². The number of nitrogens with one attached hydrogen (secondary N) is 1. The molecule has 0 spiro atoms. The largest absolute Gasteiger partial charge is 0.314 e. The van der Waals surface area contributed by atoms with Crippen molar-refractivity contribution in [3.8, 4) is 0 Å². The first kappa shape index (κ1) is 12.1. The fourth-order valence-electron chi connectivity index (χ4n) is 2.68. The molecule has 0 bridgehead atoms. The van der Waals surface area contributed by atoms with Gasteiger partial charge in [0.1, 0.15) is 0 Å². The lowest BCUT2D eigenvalue weighted by Crippen LogP contribution is -2.35. The summed E-state index contributed by atoms with van der Waals surface area (Å²) in [4.78, 5) is 0. The van der Waals surface area contributed by atoms with E-state index >= 15 is 0 Å². The molecule has 0 saturated heterocycles. The second kappa shape index (κ2) is 6.41. The average molecular weight is 237 g/mol. The van der Waals surface area contributed by atoms with Crippen molar-refractivity contribution in [2.75, 3.05) is 6.54 Å². The summed E-state index contributed by atoms with van der Waals surface area (Å²) in [6.07, 6.45) is 8.40. The van der Waals surface area contributed by atoms with Gasteiger partial charge in [-0.3, -0.25) is 0 Å². The molecule has 1 aliphatic rings. The predicted octanol–water partition coefficient (Wildman–Crippen LogP) is 3.85. The van der Waals surface area contributed by atoms with Crippen molar-refractivity contribution in [1.82, 2.24) is 5.32 Å². The Balaban J connectivity index is 1.65. The maximum atomic E-state index is 3.70. The van der Waals surface area contributed by atoms with E-state index in [9.17, 15) is 0 Å². The van der Waals surface area contributed by atoms with E-state index in [0.29, 0.717) is 6.04 Å². The van der Waals surface area contributed by atoms with E-state index in [1.807, 2.05) is 0 Å². The Kier molecular flexibility index (Phi) is 4.86. The molecule has 0 aliphatic heterocycles. The summed E-state index contributed by atoms with van der Waals surface area (Å²) in [5.74, 6) is 0.927. The van der Waals surface area contributed by atoms with Gasteiger partial charge in [-0.2, -0.15) is 11.3 Å². The lowest BCUT2D eigenvalue weighted by Gasteiger charge is -2.28. The van der Waals surface area contributed by atoms with Gasteiger partial charge in [0.2, 0.25) is 0 Å². The van der Waals surface area contributed by atoms with Crippen LogP contribution in [0.3, 0.4) is 0 Å². The van der Waals surface area contributed by atoms with Crippen LogP contribution in [0.2, 0.25) is 0 Å². The molecule has 90 valence electrons. The second-order valence-corrected chi connectivity index (χ2v) is 5.80. The van der Waals surface area contributed by atoms with E-state index in [0.717, 1.165) is 12.5 Å². The Morgan fingerprint density at radius 1 is 1.38 bits per heavy atom. The molecule has 1 aliphatic carbocycles. The molecule has 1 saturated carbocycles. The van der Waals surface area contributed by atoms with E-state index in [-0.39, 0.29) is 0 Å². The highest BCUT2D eigenvalue weighted by molar-refractivity contribution is 7.07. The fraction of sp³-hybridized carbons (Fsp3) is 0.714. The summed E-state index contributed by atoms with van der Waals surface area (Å²) in [6, 6.07) is 2.94. The molecule has 1 N–H and O–H groups in total. The zero-order valence-electron chi connectivity index (χ0n) is 10.2. The topological polar surface area (TPSA) is 12.0 Å². The van der Waals surface area contributed by atoms with Crippen LogP contribution in [0.5, 0.6) is 0 Å². The minimum Gasteiger partial charge on any atom is -0.314 e. The van der Waals surface area contributed by atoms with Crippen LogP contribution in [0.4, 0.5) is 0 Å². The van der Waals surface area contributed by atoms with Crippen molar-refractivity contribution in [1.29, 1.82) is 0 Å². The van der Waals surface area contributed by atoms with Crippen molar-refractivity contribution in [2.45, 2.75) is 51.5 Å². The molecular formula is C14H23NS. The summed E-state index contributed by atoms with van der Waals surface area (Å²) in [5.41, 5.74) is 1.48. The zero-order chi connectivity index (χ0) is 11.2. The minimum atomic E-state index is 0.707. The van der Waals surface area contributed by atoms with Gasteiger partial charge in [0.15, 0.2) is 0 Å². The second-order valence-electron chi connectivity index (χ2n) is 5.02. The first-order chi connectivity index (χ1) is 7.86. The maximum Gasteiger partial charge on any atom is 0.00671 e. The van der Waals surface area contributed by atoms with Gasteiger partial charge in [0, 0.05) is 6.04 Å². The summed E-state index contributed by atoms with van der Waals surface area (Å²) < 4.78 is 0. The summed E-state index contributed by atoms with van der Waals surface area (Å²) in [5, 5.41) is 8.12. The third kappa shape index (κ3) is 3.60. The van der Waals surface area contributed by atoms with Gasteiger partial charge >= 0.3 is 0 Å². The highest BCUT2D eigenvalue weighted by atomic mass is 32.1. The maximum absolute atomic E-state index is 3.70. The number of thiophene rings is 1. The van der Waals surface area contributed by atoms with E-state index in [1.54, 1.807) is 11.3 Å². The number of hydrogen-bond donors (Lipinski definition) is 1. The van der Waals surface area contributed by atoms with Crippen LogP contribution in [0.1, 0.15) is 44.6 Å². The van der Waals surface area contributed by atoms with Crippen LogP contribution in [0.25, 0.3) is 0 Å². The Labute approximate surface area is 103 Å². The van der Waals surface area contributed by atoms with Crippen LogP contribution in [0.15, 0.2) is 16.8 Å². The van der Waals surface area contributed by atoms with Gasteiger partial charge in [-0.25, -0.2) is 0 Å². The normalized spacial score (nSPS) is 19.8. The average Bonchev–Trinajstić information content (AvgIpc) is 2.83. The van der Waals surface area contributed by atoms with Crippen molar-refractivity contribution in [2.24, 2.45) is 5.92 Å². The lowest BCUT2D eigenvalue weighted by atomic mass is 9.84. The molecule has 1 aromatic rings. The molecule has 1 nitrogen and oxygen atoms in total. The summed E-state index contributed by atoms with van der Waals surface area (Å²) >= 11 is 1.80. The first-order valence-electron chi connectivity index (χ1n) is 6.61. The lowest BCUT2D eigenvalue weighted by molar-refractivity contribution is 0.283. The molecule has 2 rings (SSSR count). The van der Waals surface area contributed by atoms with E-state index in [4.69, 9.17) is 0 Å². The molecular weight excluding hydrogens is 214 g/mol. The van der Waals surface area contributed by atoms with Crippen LogP contribution in [-0.2, 0) is 6.42 Å². The highest BCUT2D eigenvalue weighted by Crippen LogP contribution is 2.26. The van der Waals surface area contributed by atoms with Gasteiger partial charge in [-0.1, -0.05) is 19.3 Å². The van der Waals surface area contributed by atoms with Crippen molar-refractivity contribution < 1.29 is 0 Å². The molecule has 0 radical (unpaired) electrons. The van der Waals surface area contributed by atoms with Crippen LogP contribution >= 0.6 is 11.3 Å². The SMILES string of the molecule is C[C@@H](NCCc1ccsc1)C1CCCCC1. The van der Waals surface area contributed by atoms with Gasteiger partial charge in [0.25, 0.3) is 0 Å². The Hall–Kier alpha value is -0.340. The molecule has 0 aromatic carbocycles. The molecule has 1 atom stereocenters. The van der Waals surface area contributed by atoms with Crippen molar-refractivity contribution in [3.05, 3.63) is 22.4 Å². The van der Waals surface area contributed by atoms with Gasteiger partial charge in [-0.05, 0) is 61.0 Å². The molecule has 1 heterocycles. The van der Waals surface area contributed by atoms with Crippen molar-refractivity contribution >= 4 is 11.3 Å². The van der Waals surface area contributed by atoms with Crippen LogP contribution < -0.4 is 5.32 Å². The Morgan fingerprint density at radius 2 is 2.19 bits per heavy atom. The fourth-order valence-corrected chi connectivity index (χ4v) is 3.38. The number of hydrogen-bond acceptors (Lipinski definition) is 2. The molecule has 16 heavy (non-hydrogen) atoms. The third-order valence-corrected chi connectivity index (χ3v) is 4.55. The third-order valence-electron chi connectivity index (χ3n) is 3.82. The molecule has 2 heteroatoms. The predicted molar refractivity (Wildman–Crippen MR) is 72.1 cm³/mol. The Bertz CT molecular complexity index is 275. The molecule has 0 unspecified atom stereocenters. The van der Waals surface area contributed by atoms with E-state index in [1.165, 1.54) is 44.1 Å². The summed E-state index contributed by atoms with van der Waals surface area (Å²) in [7, 11) is 0.